The molecule has 2 aromatic rings. The Bertz CT molecular complexity index is 924. The lowest BCUT2D eigenvalue weighted by molar-refractivity contribution is 0.374. The summed E-state index contributed by atoms with van der Waals surface area (Å²) >= 11 is 0. The summed E-state index contributed by atoms with van der Waals surface area (Å²) in [5, 5.41) is 0. The van der Waals surface area contributed by atoms with Crippen LogP contribution in [0.5, 0.6) is 17.2 Å². The fraction of sp³-hybridized carbons (Fsp3) is 0.350. The van der Waals surface area contributed by atoms with E-state index in [-0.39, 0.29) is 4.90 Å². The first-order chi connectivity index (χ1) is 13.5. The van der Waals surface area contributed by atoms with E-state index in [0.29, 0.717) is 41.6 Å². The Hall–Kier alpha value is -2.58. The summed E-state index contributed by atoms with van der Waals surface area (Å²) in [7, 11) is 1.26. The van der Waals surface area contributed by atoms with Gasteiger partial charge in [0.05, 0.1) is 37.5 Å². The summed E-state index contributed by atoms with van der Waals surface area (Å²) < 4.78 is 42.8. The smallest absolute Gasteiger partial charge is 0.243 e. The molecule has 1 aliphatic heterocycles. The van der Waals surface area contributed by atoms with E-state index < -0.39 is 10.0 Å². The van der Waals surface area contributed by atoms with Crippen LogP contribution in [0.2, 0.25) is 0 Å². The van der Waals surface area contributed by atoms with E-state index in [4.69, 9.17) is 14.2 Å². The van der Waals surface area contributed by atoms with Gasteiger partial charge in [0.2, 0.25) is 10.0 Å². The molecule has 1 aliphatic rings. The number of aliphatic imine (C=N–C) groups is 1. The van der Waals surface area contributed by atoms with Crippen LogP contribution in [-0.2, 0) is 10.0 Å². The first-order valence-electron chi connectivity index (χ1n) is 8.94. The normalized spacial score (nSPS) is 15.1. The Morgan fingerprint density at radius 2 is 1.50 bits per heavy atom. The van der Waals surface area contributed by atoms with E-state index in [1.54, 1.807) is 63.9 Å². The third-order valence-corrected chi connectivity index (χ3v) is 6.55. The highest BCUT2D eigenvalue weighted by molar-refractivity contribution is 7.89. The second kappa shape index (κ2) is 8.62. The first kappa shape index (κ1) is 20.2. The zero-order valence-corrected chi connectivity index (χ0v) is 17.0. The number of nitrogens with zero attached hydrogens (tertiary/aromatic N) is 2. The van der Waals surface area contributed by atoms with Crippen molar-refractivity contribution in [1.29, 1.82) is 0 Å². The van der Waals surface area contributed by atoms with Crippen LogP contribution < -0.4 is 14.2 Å². The highest BCUT2D eigenvalue weighted by Crippen LogP contribution is 2.33. The number of benzene rings is 2. The van der Waals surface area contributed by atoms with Crippen LogP contribution in [0.3, 0.4) is 0 Å². The molecule has 2 aromatic carbocycles. The molecule has 3 rings (SSSR count). The lowest BCUT2D eigenvalue weighted by Gasteiger charge is -2.15. The van der Waals surface area contributed by atoms with Gasteiger partial charge < -0.3 is 14.2 Å². The molecule has 0 atom stereocenters. The van der Waals surface area contributed by atoms with E-state index in [2.05, 4.69) is 4.99 Å². The summed E-state index contributed by atoms with van der Waals surface area (Å²) in [6, 6.07) is 10.0. The number of ether oxygens (including phenoxy) is 3. The van der Waals surface area contributed by atoms with Gasteiger partial charge in [-0.05, 0) is 37.1 Å². The van der Waals surface area contributed by atoms with Gasteiger partial charge in [-0.25, -0.2) is 8.42 Å². The standard InChI is InChI=1S/C20H24N2O5S/c1-25-16-12-19(26-2)18(20(13-16)27-3)14-21-15-6-8-17(9-7-15)28(23,24)22-10-4-5-11-22/h6-9,12-14H,4-5,10-11H2,1-3H3. The second-order valence-corrected chi connectivity index (χ2v) is 8.25. The van der Waals surface area contributed by atoms with Crippen molar-refractivity contribution in [3.63, 3.8) is 0 Å². The lowest BCUT2D eigenvalue weighted by atomic mass is 10.1. The molecule has 0 spiro atoms. The van der Waals surface area contributed by atoms with Crippen molar-refractivity contribution < 1.29 is 22.6 Å². The summed E-state index contributed by atoms with van der Waals surface area (Å²) in [5.74, 6) is 1.74. The van der Waals surface area contributed by atoms with Crippen molar-refractivity contribution in [2.75, 3.05) is 34.4 Å². The quantitative estimate of drug-likeness (QED) is 0.662. The van der Waals surface area contributed by atoms with Crippen LogP contribution >= 0.6 is 0 Å². The van der Waals surface area contributed by atoms with Gasteiger partial charge in [-0.3, -0.25) is 4.99 Å². The predicted molar refractivity (Wildman–Crippen MR) is 108 cm³/mol. The lowest BCUT2D eigenvalue weighted by Crippen LogP contribution is -2.27. The van der Waals surface area contributed by atoms with Gasteiger partial charge in [0.1, 0.15) is 17.2 Å². The molecule has 8 heteroatoms. The molecule has 0 aliphatic carbocycles. The average Bonchev–Trinajstić information content (AvgIpc) is 3.27. The Labute approximate surface area is 165 Å². The van der Waals surface area contributed by atoms with Crippen LogP contribution in [0, 0.1) is 0 Å². The van der Waals surface area contributed by atoms with Gasteiger partial charge in [0, 0.05) is 31.4 Å². The SMILES string of the molecule is COc1cc(OC)c(C=Nc2ccc(S(=O)(=O)N3CCCC3)cc2)c(OC)c1. The van der Waals surface area contributed by atoms with Crippen molar-refractivity contribution in [2.45, 2.75) is 17.7 Å². The molecule has 28 heavy (non-hydrogen) atoms. The molecule has 1 saturated heterocycles. The van der Waals surface area contributed by atoms with Gasteiger partial charge in [-0.2, -0.15) is 4.31 Å². The van der Waals surface area contributed by atoms with Crippen molar-refractivity contribution in [2.24, 2.45) is 4.99 Å². The van der Waals surface area contributed by atoms with E-state index in [9.17, 15) is 8.42 Å². The molecule has 0 amide bonds. The summed E-state index contributed by atoms with van der Waals surface area (Å²) in [5.41, 5.74) is 1.29. The fourth-order valence-corrected chi connectivity index (χ4v) is 4.60. The minimum Gasteiger partial charge on any atom is -0.496 e. The number of hydrogen-bond donors (Lipinski definition) is 0. The van der Waals surface area contributed by atoms with Gasteiger partial charge in [0.25, 0.3) is 0 Å². The molecular weight excluding hydrogens is 380 g/mol. The number of sulfonamides is 1. The molecule has 0 bridgehead atoms. The maximum Gasteiger partial charge on any atom is 0.243 e. The predicted octanol–water partition coefficient (Wildman–Crippen LogP) is 3.25. The van der Waals surface area contributed by atoms with Crippen molar-refractivity contribution in [3.8, 4) is 17.2 Å². The van der Waals surface area contributed by atoms with Crippen LogP contribution in [0.4, 0.5) is 5.69 Å². The molecule has 0 N–H and O–H groups in total. The Kier molecular flexibility index (Phi) is 6.21. The molecule has 1 heterocycles. The zero-order valence-electron chi connectivity index (χ0n) is 16.2. The molecule has 0 saturated carbocycles. The largest absolute Gasteiger partial charge is 0.496 e. The first-order valence-corrected chi connectivity index (χ1v) is 10.4. The molecule has 0 unspecified atom stereocenters. The second-order valence-electron chi connectivity index (χ2n) is 6.31. The van der Waals surface area contributed by atoms with Crippen LogP contribution in [0.1, 0.15) is 18.4 Å². The molecule has 0 aromatic heterocycles. The third kappa shape index (κ3) is 4.13. The molecule has 1 fully saturated rings. The highest BCUT2D eigenvalue weighted by Gasteiger charge is 2.26. The minimum atomic E-state index is -3.42. The molecule has 150 valence electrons. The molecular formula is C20H24N2O5S. The Morgan fingerprint density at radius 1 is 0.929 bits per heavy atom. The van der Waals surface area contributed by atoms with Crippen LogP contribution in [0.25, 0.3) is 0 Å². The number of rotatable bonds is 7. The highest BCUT2D eigenvalue weighted by atomic mass is 32.2. The van der Waals surface area contributed by atoms with Crippen LogP contribution in [-0.4, -0.2) is 53.4 Å². The van der Waals surface area contributed by atoms with Crippen LogP contribution in [0.15, 0.2) is 46.3 Å². The van der Waals surface area contributed by atoms with Crippen molar-refractivity contribution in [1.82, 2.24) is 4.31 Å². The zero-order chi connectivity index (χ0) is 20.1. The monoisotopic (exact) mass is 404 g/mol. The van der Waals surface area contributed by atoms with E-state index in [0.717, 1.165) is 12.8 Å². The number of hydrogen-bond acceptors (Lipinski definition) is 6. The van der Waals surface area contributed by atoms with Gasteiger partial charge >= 0.3 is 0 Å². The fourth-order valence-electron chi connectivity index (χ4n) is 3.08. The van der Waals surface area contributed by atoms with Crippen molar-refractivity contribution in [3.05, 3.63) is 42.0 Å². The maximum absolute atomic E-state index is 12.6. The van der Waals surface area contributed by atoms with E-state index in [1.807, 2.05) is 0 Å². The summed E-state index contributed by atoms with van der Waals surface area (Å²) in [6.07, 6.45) is 3.45. The Morgan fingerprint density at radius 3 is 2.00 bits per heavy atom. The minimum absolute atomic E-state index is 0.285. The Balaban J connectivity index is 1.85. The summed E-state index contributed by atoms with van der Waals surface area (Å²) in [6.45, 7) is 1.17. The number of methoxy groups -OCH3 is 3. The van der Waals surface area contributed by atoms with Gasteiger partial charge in [0.15, 0.2) is 0 Å². The van der Waals surface area contributed by atoms with E-state index >= 15 is 0 Å². The average molecular weight is 404 g/mol. The molecule has 7 nitrogen and oxygen atoms in total. The topological polar surface area (TPSA) is 77.4 Å². The van der Waals surface area contributed by atoms with Crippen molar-refractivity contribution >= 4 is 21.9 Å². The van der Waals surface area contributed by atoms with E-state index in [1.165, 1.54) is 4.31 Å². The maximum atomic E-state index is 12.6. The third-order valence-electron chi connectivity index (χ3n) is 4.64. The van der Waals surface area contributed by atoms with Gasteiger partial charge in [-0.1, -0.05) is 0 Å². The van der Waals surface area contributed by atoms with Gasteiger partial charge in [-0.15, -0.1) is 0 Å². The molecule has 0 radical (unpaired) electrons. The summed E-state index contributed by atoms with van der Waals surface area (Å²) in [4.78, 5) is 4.72.